The van der Waals surface area contributed by atoms with Crippen molar-refractivity contribution in [2.45, 2.75) is 50.6 Å². The number of hydrogen-bond acceptors (Lipinski definition) is 3. The molecule has 4 rings (SSSR count). The summed E-state index contributed by atoms with van der Waals surface area (Å²) in [6.07, 6.45) is 5.12. The van der Waals surface area contributed by atoms with Crippen LogP contribution in [-0.2, 0) is 5.41 Å². The highest BCUT2D eigenvalue weighted by molar-refractivity contribution is 5.92. The van der Waals surface area contributed by atoms with Crippen molar-refractivity contribution in [1.82, 2.24) is 20.4 Å². The average molecular weight is 375 g/mol. The zero-order valence-corrected chi connectivity index (χ0v) is 16.2. The standard InChI is InChI=1S/C20H26N4O.ClH/c1-20(2)12-18(15-7-3-4-8-16(15)20)22-19(25)17-9-11-24(23-17)14-6-5-10-21-13-14;/h3-4,7-9,11,14,18,21H,5-6,10,12-13H2,1-2H3,(H,22,25);1H. The maximum atomic E-state index is 12.7. The van der Waals surface area contributed by atoms with Crippen molar-refractivity contribution in [1.29, 1.82) is 0 Å². The Labute approximate surface area is 161 Å². The highest BCUT2D eigenvalue weighted by Crippen LogP contribution is 2.44. The van der Waals surface area contributed by atoms with Crippen LogP contribution in [0.3, 0.4) is 0 Å². The number of halogens is 1. The SMILES string of the molecule is CC1(C)CC(NC(=O)c2ccn(C3CCCNC3)n2)c2ccccc21.Cl. The van der Waals surface area contributed by atoms with E-state index in [0.29, 0.717) is 11.7 Å². The number of nitrogens with one attached hydrogen (secondary N) is 2. The van der Waals surface area contributed by atoms with E-state index in [1.165, 1.54) is 11.1 Å². The van der Waals surface area contributed by atoms with Gasteiger partial charge in [-0.05, 0) is 48.4 Å². The third-order valence-electron chi connectivity index (χ3n) is 5.57. The normalized spacial score (nSPS) is 23.8. The van der Waals surface area contributed by atoms with E-state index >= 15 is 0 Å². The first kappa shape index (κ1) is 18.9. The number of benzene rings is 1. The van der Waals surface area contributed by atoms with Crippen molar-refractivity contribution in [2.24, 2.45) is 0 Å². The topological polar surface area (TPSA) is 59.0 Å². The second-order valence-electron chi connectivity index (χ2n) is 7.88. The molecule has 140 valence electrons. The van der Waals surface area contributed by atoms with E-state index in [9.17, 15) is 4.79 Å². The van der Waals surface area contributed by atoms with Crippen LogP contribution in [0.5, 0.6) is 0 Å². The lowest BCUT2D eigenvalue weighted by molar-refractivity contribution is 0.0927. The quantitative estimate of drug-likeness (QED) is 0.865. The van der Waals surface area contributed by atoms with Crippen molar-refractivity contribution in [2.75, 3.05) is 13.1 Å². The Kier molecular flexibility index (Phi) is 5.39. The predicted molar refractivity (Wildman–Crippen MR) is 105 cm³/mol. The number of nitrogens with zero attached hydrogens (tertiary/aromatic N) is 2. The van der Waals surface area contributed by atoms with Crippen LogP contribution in [0.25, 0.3) is 0 Å². The second-order valence-corrected chi connectivity index (χ2v) is 7.88. The van der Waals surface area contributed by atoms with E-state index in [4.69, 9.17) is 0 Å². The first-order valence-electron chi connectivity index (χ1n) is 9.21. The minimum Gasteiger partial charge on any atom is -0.344 e. The fourth-order valence-electron chi connectivity index (χ4n) is 4.23. The van der Waals surface area contributed by atoms with E-state index in [-0.39, 0.29) is 29.8 Å². The van der Waals surface area contributed by atoms with Gasteiger partial charge in [-0.1, -0.05) is 38.1 Å². The van der Waals surface area contributed by atoms with Crippen LogP contribution in [0, 0.1) is 0 Å². The van der Waals surface area contributed by atoms with Gasteiger partial charge in [0.2, 0.25) is 0 Å². The number of fused-ring (bicyclic) bond motifs is 1. The largest absolute Gasteiger partial charge is 0.344 e. The Balaban J connectivity index is 0.00000196. The number of piperidine rings is 1. The molecule has 1 aromatic carbocycles. The predicted octanol–water partition coefficient (Wildman–Crippen LogP) is 3.38. The summed E-state index contributed by atoms with van der Waals surface area (Å²) in [7, 11) is 0. The number of aromatic nitrogens is 2. The summed E-state index contributed by atoms with van der Waals surface area (Å²) in [4.78, 5) is 12.7. The first-order chi connectivity index (χ1) is 12.0. The van der Waals surface area contributed by atoms with E-state index in [0.717, 1.165) is 32.4 Å². The molecule has 2 N–H and O–H groups in total. The van der Waals surface area contributed by atoms with E-state index in [1.54, 1.807) is 0 Å². The minimum absolute atomic E-state index is 0. The Morgan fingerprint density at radius 3 is 2.88 bits per heavy atom. The van der Waals surface area contributed by atoms with Gasteiger partial charge in [0.1, 0.15) is 5.69 Å². The molecule has 2 heterocycles. The molecule has 1 amide bonds. The van der Waals surface area contributed by atoms with Gasteiger partial charge in [0.15, 0.2) is 0 Å². The van der Waals surface area contributed by atoms with Crippen molar-refractivity contribution in [3.8, 4) is 0 Å². The minimum atomic E-state index is -0.0833. The van der Waals surface area contributed by atoms with Gasteiger partial charge in [-0.2, -0.15) is 5.10 Å². The molecule has 2 atom stereocenters. The number of hydrogen-bond donors (Lipinski definition) is 2. The monoisotopic (exact) mass is 374 g/mol. The summed E-state index contributed by atoms with van der Waals surface area (Å²) in [6.45, 7) is 6.47. The zero-order valence-electron chi connectivity index (χ0n) is 15.4. The van der Waals surface area contributed by atoms with Gasteiger partial charge in [0.25, 0.3) is 5.91 Å². The molecule has 6 heteroatoms. The van der Waals surface area contributed by atoms with Gasteiger partial charge < -0.3 is 10.6 Å². The van der Waals surface area contributed by atoms with Gasteiger partial charge in [0.05, 0.1) is 12.1 Å². The fourth-order valence-corrected chi connectivity index (χ4v) is 4.23. The molecule has 26 heavy (non-hydrogen) atoms. The van der Waals surface area contributed by atoms with Crippen molar-refractivity contribution in [3.63, 3.8) is 0 Å². The average Bonchev–Trinajstić information content (AvgIpc) is 3.20. The molecule has 0 radical (unpaired) electrons. The first-order valence-corrected chi connectivity index (χ1v) is 9.21. The maximum absolute atomic E-state index is 12.7. The van der Waals surface area contributed by atoms with Crippen LogP contribution in [-0.4, -0.2) is 28.8 Å². The number of carbonyl (C=O) groups excluding carboxylic acids is 1. The van der Waals surface area contributed by atoms with E-state index < -0.39 is 0 Å². The van der Waals surface area contributed by atoms with Crippen LogP contribution >= 0.6 is 12.4 Å². The molecule has 1 aromatic heterocycles. The van der Waals surface area contributed by atoms with Gasteiger partial charge >= 0.3 is 0 Å². The summed E-state index contributed by atoms with van der Waals surface area (Å²) in [5.74, 6) is -0.0833. The summed E-state index contributed by atoms with van der Waals surface area (Å²) in [5, 5.41) is 11.1. The molecule has 2 unspecified atom stereocenters. The molecular formula is C20H27ClN4O. The lowest BCUT2D eigenvalue weighted by Gasteiger charge is -2.23. The molecule has 0 spiro atoms. The summed E-state index contributed by atoms with van der Waals surface area (Å²) >= 11 is 0. The van der Waals surface area contributed by atoms with Crippen LogP contribution < -0.4 is 10.6 Å². The van der Waals surface area contributed by atoms with E-state index in [2.05, 4.69) is 47.8 Å². The Hall–Kier alpha value is -1.85. The van der Waals surface area contributed by atoms with Crippen LogP contribution in [0.4, 0.5) is 0 Å². The molecule has 1 aliphatic carbocycles. The van der Waals surface area contributed by atoms with Crippen LogP contribution in [0.1, 0.15) is 66.8 Å². The van der Waals surface area contributed by atoms with Crippen LogP contribution in [0.2, 0.25) is 0 Å². The summed E-state index contributed by atoms with van der Waals surface area (Å²) in [6, 6.07) is 10.7. The maximum Gasteiger partial charge on any atom is 0.272 e. The van der Waals surface area contributed by atoms with Gasteiger partial charge in [-0.15, -0.1) is 12.4 Å². The smallest absolute Gasteiger partial charge is 0.272 e. The number of rotatable bonds is 3. The third kappa shape index (κ3) is 3.51. The number of amides is 1. The Morgan fingerprint density at radius 2 is 2.12 bits per heavy atom. The highest BCUT2D eigenvalue weighted by atomic mass is 35.5. The lowest BCUT2D eigenvalue weighted by atomic mass is 9.86. The zero-order chi connectivity index (χ0) is 17.4. The third-order valence-corrected chi connectivity index (χ3v) is 5.57. The lowest BCUT2D eigenvalue weighted by Crippen LogP contribution is -2.32. The molecule has 5 nitrogen and oxygen atoms in total. The second kappa shape index (κ2) is 7.41. The Morgan fingerprint density at radius 1 is 1.31 bits per heavy atom. The molecule has 1 aliphatic heterocycles. The van der Waals surface area contributed by atoms with Crippen molar-refractivity contribution in [3.05, 3.63) is 53.3 Å². The molecule has 0 saturated carbocycles. The van der Waals surface area contributed by atoms with Crippen LogP contribution in [0.15, 0.2) is 36.5 Å². The molecule has 0 bridgehead atoms. The molecule has 1 saturated heterocycles. The Bertz CT molecular complexity index is 780. The summed E-state index contributed by atoms with van der Waals surface area (Å²) in [5.41, 5.74) is 3.16. The molecular weight excluding hydrogens is 348 g/mol. The highest BCUT2D eigenvalue weighted by Gasteiger charge is 2.37. The number of carbonyl (C=O) groups is 1. The van der Waals surface area contributed by atoms with Gasteiger partial charge in [0, 0.05) is 12.7 Å². The molecule has 2 aliphatic rings. The van der Waals surface area contributed by atoms with Gasteiger partial charge in [-0.3, -0.25) is 9.48 Å². The van der Waals surface area contributed by atoms with Gasteiger partial charge in [-0.25, -0.2) is 0 Å². The fraction of sp³-hybridized carbons (Fsp3) is 0.500. The van der Waals surface area contributed by atoms with Crippen molar-refractivity contribution >= 4 is 18.3 Å². The molecule has 1 fully saturated rings. The van der Waals surface area contributed by atoms with Crippen molar-refractivity contribution < 1.29 is 4.79 Å². The molecule has 2 aromatic rings. The van der Waals surface area contributed by atoms with E-state index in [1.807, 2.05) is 23.0 Å². The summed E-state index contributed by atoms with van der Waals surface area (Å²) < 4.78 is 1.94.